The maximum absolute atomic E-state index is 12.5. The Morgan fingerprint density at radius 3 is 2.52 bits per heavy atom. The molecule has 8 heteroatoms. The number of carbonyl (C=O) groups excluding carboxylic acids is 1. The summed E-state index contributed by atoms with van der Waals surface area (Å²) >= 11 is 1.30. The average Bonchev–Trinajstić information content (AvgIpc) is 3.24. The van der Waals surface area contributed by atoms with Crippen LogP contribution in [0.1, 0.15) is 28.9 Å². The molecule has 0 aliphatic heterocycles. The van der Waals surface area contributed by atoms with Crippen LogP contribution in [-0.4, -0.2) is 26.1 Å². The van der Waals surface area contributed by atoms with Gasteiger partial charge in [-0.15, -0.1) is 10.2 Å². The number of nitrogens with zero attached hydrogens (tertiary/aromatic N) is 4. The summed E-state index contributed by atoms with van der Waals surface area (Å²) in [5.41, 5.74) is 2.52. The van der Waals surface area contributed by atoms with E-state index in [-0.39, 0.29) is 11.9 Å². The third kappa shape index (κ3) is 4.61. The Bertz CT molecular complexity index is 1080. The molecule has 0 saturated heterocycles. The van der Waals surface area contributed by atoms with Crippen molar-refractivity contribution in [1.29, 1.82) is 0 Å². The summed E-state index contributed by atoms with van der Waals surface area (Å²) in [6, 6.07) is 17.4. The lowest BCUT2D eigenvalue weighted by molar-refractivity contribution is 0.102. The molecule has 0 spiro atoms. The van der Waals surface area contributed by atoms with Crippen molar-refractivity contribution in [2.75, 3.05) is 10.6 Å². The van der Waals surface area contributed by atoms with Crippen LogP contribution in [0.15, 0.2) is 73.2 Å². The second-order valence-corrected chi connectivity index (χ2v) is 7.29. The molecule has 3 heterocycles. The number of aromatic nitrogens is 4. The van der Waals surface area contributed by atoms with Gasteiger partial charge in [0.15, 0.2) is 0 Å². The standard InChI is InChI=1S/C21H18N6OS/c1-14(15-5-3-2-4-6-15)24-18-8-7-17(13-23-18)19(28)25-21-27-26-20(29-21)16-9-11-22-12-10-16/h2-14H,1H3,(H,23,24)(H,25,27,28)/t14-/m1/s1. The minimum absolute atomic E-state index is 0.108. The van der Waals surface area contributed by atoms with Gasteiger partial charge in [0.05, 0.1) is 5.56 Å². The summed E-state index contributed by atoms with van der Waals surface area (Å²) in [5.74, 6) is 0.423. The first-order chi connectivity index (χ1) is 14.2. The van der Waals surface area contributed by atoms with Crippen molar-refractivity contribution >= 4 is 28.2 Å². The third-order valence-electron chi connectivity index (χ3n) is 4.26. The summed E-state index contributed by atoms with van der Waals surface area (Å²) in [6.45, 7) is 2.06. The van der Waals surface area contributed by atoms with E-state index in [1.165, 1.54) is 11.3 Å². The molecule has 0 radical (unpaired) electrons. The average molecular weight is 402 g/mol. The van der Waals surface area contributed by atoms with Crippen LogP contribution < -0.4 is 10.6 Å². The van der Waals surface area contributed by atoms with Gasteiger partial charge >= 0.3 is 0 Å². The smallest absolute Gasteiger partial charge is 0.259 e. The lowest BCUT2D eigenvalue weighted by atomic mass is 10.1. The molecular formula is C21H18N6OS. The fourth-order valence-electron chi connectivity index (χ4n) is 2.71. The second-order valence-electron chi connectivity index (χ2n) is 6.31. The molecule has 0 bridgehead atoms. The molecule has 1 amide bonds. The fraction of sp³-hybridized carbons (Fsp3) is 0.0952. The Balaban J connectivity index is 1.39. The molecule has 0 saturated carbocycles. The molecule has 7 nitrogen and oxygen atoms in total. The van der Waals surface area contributed by atoms with Crippen molar-refractivity contribution in [2.24, 2.45) is 0 Å². The fourth-order valence-corrected chi connectivity index (χ4v) is 3.46. The van der Waals surface area contributed by atoms with Gasteiger partial charge in [0.2, 0.25) is 5.13 Å². The Morgan fingerprint density at radius 2 is 1.79 bits per heavy atom. The molecule has 2 N–H and O–H groups in total. The quantitative estimate of drug-likeness (QED) is 0.496. The van der Waals surface area contributed by atoms with Gasteiger partial charge in [0.25, 0.3) is 5.91 Å². The number of amides is 1. The number of benzene rings is 1. The SMILES string of the molecule is C[C@@H](Nc1ccc(C(=O)Nc2nnc(-c3ccncc3)s2)cn1)c1ccccc1. The number of carbonyl (C=O) groups is 1. The zero-order valence-corrected chi connectivity index (χ0v) is 16.4. The first kappa shape index (κ1) is 18.7. The van der Waals surface area contributed by atoms with Gasteiger partial charge < -0.3 is 5.32 Å². The van der Waals surface area contributed by atoms with Crippen molar-refractivity contribution in [1.82, 2.24) is 20.2 Å². The van der Waals surface area contributed by atoms with Crippen LogP contribution in [0.3, 0.4) is 0 Å². The van der Waals surface area contributed by atoms with E-state index in [0.29, 0.717) is 16.5 Å². The van der Waals surface area contributed by atoms with E-state index < -0.39 is 0 Å². The zero-order chi connectivity index (χ0) is 20.1. The van der Waals surface area contributed by atoms with E-state index in [2.05, 4.69) is 49.9 Å². The lowest BCUT2D eigenvalue weighted by Crippen LogP contribution is -2.13. The molecule has 4 rings (SSSR count). The molecule has 1 aromatic carbocycles. The highest BCUT2D eigenvalue weighted by Crippen LogP contribution is 2.26. The number of nitrogens with one attached hydrogen (secondary N) is 2. The molecule has 0 aliphatic rings. The van der Waals surface area contributed by atoms with E-state index in [9.17, 15) is 4.79 Å². The van der Waals surface area contributed by atoms with Crippen molar-refractivity contribution in [3.05, 3.63) is 84.3 Å². The van der Waals surface area contributed by atoms with E-state index in [1.807, 2.05) is 30.3 Å². The number of anilines is 2. The summed E-state index contributed by atoms with van der Waals surface area (Å²) < 4.78 is 0. The first-order valence-corrected chi connectivity index (χ1v) is 9.83. The van der Waals surface area contributed by atoms with Crippen LogP contribution in [0, 0.1) is 0 Å². The van der Waals surface area contributed by atoms with Gasteiger partial charge in [-0.25, -0.2) is 4.98 Å². The topological polar surface area (TPSA) is 92.7 Å². The molecule has 0 fully saturated rings. The van der Waals surface area contributed by atoms with E-state index in [1.54, 1.807) is 30.7 Å². The van der Waals surface area contributed by atoms with Crippen LogP contribution in [0.2, 0.25) is 0 Å². The number of hydrogen-bond donors (Lipinski definition) is 2. The highest BCUT2D eigenvalue weighted by Gasteiger charge is 2.12. The van der Waals surface area contributed by atoms with E-state index >= 15 is 0 Å². The largest absolute Gasteiger partial charge is 0.364 e. The van der Waals surface area contributed by atoms with E-state index in [0.717, 1.165) is 16.1 Å². The molecule has 0 aliphatic carbocycles. The van der Waals surface area contributed by atoms with Crippen molar-refractivity contribution < 1.29 is 4.79 Å². The van der Waals surface area contributed by atoms with Gasteiger partial charge in [-0.05, 0) is 36.8 Å². The first-order valence-electron chi connectivity index (χ1n) is 9.02. The monoisotopic (exact) mass is 402 g/mol. The second kappa shape index (κ2) is 8.57. The predicted octanol–water partition coefficient (Wildman–Crippen LogP) is 4.42. The third-order valence-corrected chi connectivity index (χ3v) is 5.15. The summed E-state index contributed by atoms with van der Waals surface area (Å²) in [6.07, 6.45) is 4.92. The summed E-state index contributed by atoms with van der Waals surface area (Å²) in [7, 11) is 0. The lowest BCUT2D eigenvalue weighted by Gasteiger charge is -2.15. The van der Waals surface area contributed by atoms with Gasteiger partial charge in [0.1, 0.15) is 10.8 Å². The highest BCUT2D eigenvalue weighted by molar-refractivity contribution is 7.18. The maximum Gasteiger partial charge on any atom is 0.259 e. The summed E-state index contributed by atoms with van der Waals surface area (Å²) in [4.78, 5) is 20.8. The Labute approximate surface area is 171 Å². The molecule has 29 heavy (non-hydrogen) atoms. The minimum Gasteiger partial charge on any atom is -0.364 e. The maximum atomic E-state index is 12.5. The van der Waals surface area contributed by atoms with Crippen molar-refractivity contribution in [2.45, 2.75) is 13.0 Å². The van der Waals surface area contributed by atoms with Gasteiger partial charge in [-0.3, -0.25) is 15.1 Å². The van der Waals surface area contributed by atoms with Crippen LogP contribution in [0.5, 0.6) is 0 Å². The van der Waals surface area contributed by atoms with Gasteiger partial charge in [0, 0.05) is 30.2 Å². The molecule has 0 unspecified atom stereocenters. The number of hydrogen-bond acceptors (Lipinski definition) is 7. The Kier molecular flexibility index (Phi) is 5.53. The highest BCUT2D eigenvalue weighted by atomic mass is 32.1. The van der Waals surface area contributed by atoms with Crippen molar-refractivity contribution in [3.63, 3.8) is 0 Å². The van der Waals surface area contributed by atoms with Crippen LogP contribution >= 0.6 is 11.3 Å². The van der Waals surface area contributed by atoms with Gasteiger partial charge in [-0.1, -0.05) is 41.7 Å². The van der Waals surface area contributed by atoms with Gasteiger partial charge in [-0.2, -0.15) is 0 Å². The predicted molar refractivity (Wildman–Crippen MR) is 114 cm³/mol. The molecule has 3 aromatic heterocycles. The molecule has 144 valence electrons. The zero-order valence-electron chi connectivity index (χ0n) is 15.6. The van der Waals surface area contributed by atoms with Crippen molar-refractivity contribution in [3.8, 4) is 10.6 Å². The number of pyridine rings is 2. The summed E-state index contributed by atoms with van der Waals surface area (Å²) in [5, 5.41) is 15.4. The Morgan fingerprint density at radius 1 is 1.00 bits per heavy atom. The molecular weight excluding hydrogens is 384 g/mol. The number of rotatable bonds is 6. The van der Waals surface area contributed by atoms with Crippen LogP contribution in [0.4, 0.5) is 10.9 Å². The van der Waals surface area contributed by atoms with E-state index in [4.69, 9.17) is 0 Å². The molecule has 4 aromatic rings. The van der Waals surface area contributed by atoms with Crippen LogP contribution in [0.25, 0.3) is 10.6 Å². The van der Waals surface area contributed by atoms with Crippen LogP contribution in [-0.2, 0) is 0 Å². The minimum atomic E-state index is -0.280. The molecule has 1 atom stereocenters. The normalized spacial score (nSPS) is 11.6. The Hall–Kier alpha value is -3.65.